The van der Waals surface area contributed by atoms with E-state index in [1.165, 1.54) is 0 Å². The van der Waals surface area contributed by atoms with Gasteiger partial charge in [-0.05, 0) is 25.7 Å². The Morgan fingerprint density at radius 2 is 1.73 bits per heavy atom. The highest BCUT2D eigenvalue weighted by Crippen LogP contribution is 2.56. The Hall–Kier alpha value is -0.0800. The molecule has 0 radical (unpaired) electrons. The van der Waals surface area contributed by atoms with E-state index >= 15 is 0 Å². The summed E-state index contributed by atoms with van der Waals surface area (Å²) in [7, 11) is 0. The molecule has 0 heterocycles. The highest BCUT2D eigenvalue weighted by atomic mass is 16.3. The largest absolute Gasteiger partial charge is 0.396 e. The Morgan fingerprint density at radius 3 is 1.82 bits per heavy atom. The lowest BCUT2D eigenvalue weighted by molar-refractivity contribution is -0.0610. The van der Waals surface area contributed by atoms with Crippen LogP contribution in [0.25, 0.3) is 0 Å². The first-order valence-corrected chi connectivity index (χ1v) is 4.47. The van der Waals surface area contributed by atoms with Gasteiger partial charge in [0.05, 0.1) is 12.2 Å². The molecule has 0 bridgehead atoms. The molecule has 1 rings (SSSR count). The molecule has 0 saturated heterocycles. The second kappa shape index (κ2) is 2.76. The topological polar surface area (TPSA) is 40.5 Å². The molecule has 0 aromatic rings. The van der Waals surface area contributed by atoms with E-state index in [0.717, 1.165) is 25.7 Å². The fourth-order valence-electron chi connectivity index (χ4n) is 1.92. The quantitative estimate of drug-likeness (QED) is 0.647. The van der Waals surface area contributed by atoms with Crippen LogP contribution in [0.2, 0.25) is 0 Å². The summed E-state index contributed by atoms with van der Waals surface area (Å²) in [6, 6.07) is 0. The van der Waals surface area contributed by atoms with E-state index in [1.807, 2.05) is 13.8 Å². The number of rotatable bonds is 4. The van der Waals surface area contributed by atoms with Gasteiger partial charge in [-0.25, -0.2) is 0 Å². The van der Waals surface area contributed by atoms with Crippen molar-refractivity contribution in [2.75, 3.05) is 6.61 Å². The average Bonchev–Trinajstić information content (AvgIpc) is 2.83. The van der Waals surface area contributed by atoms with Crippen LogP contribution in [0.5, 0.6) is 0 Å². The van der Waals surface area contributed by atoms with Gasteiger partial charge < -0.3 is 10.2 Å². The standard InChI is InChI=1S/C9H18O2/c1-3-9(11,4-2)8(7-10)5-6-8/h10-11H,3-7H2,1-2H3. The summed E-state index contributed by atoms with van der Waals surface area (Å²) in [6.45, 7) is 4.11. The highest BCUT2D eigenvalue weighted by molar-refractivity contribution is 5.06. The van der Waals surface area contributed by atoms with Gasteiger partial charge in [0.2, 0.25) is 0 Å². The van der Waals surface area contributed by atoms with Gasteiger partial charge in [-0.15, -0.1) is 0 Å². The maximum absolute atomic E-state index is 10.1. The fraction of sp³-hybridized carbons (Fsp3) is 1.00. The van der Waals surface area contributed by atoms with Crippen LogP contribution in [0.1, 0.15) is 39.5 Å². The fourth-order valence-corrected chi connectivity index (χ4v) is 1.92. The van der Waals surface area contributed by atoms with Gasteiger partial charge in [-0.2, -0.15) is 0 Å². The SMILES string of the molecule is CCC(O)(CC)C1(CO)CC1. The molecule has 0 spiro atoms. The van der Waals surface area contributed by atoms with Crippen molar-refractivity contribution in [3.63, 3.8) is 0 Å². The number of hydrogen-bond acceptors (Lipinski definition) is 2. The molecule has 2 heteroatoms. The zero-order chi connectivity index (χ0) is 8.54. The summed E-state index contributed by atoms with van der Waals surface area (Å²) in [5.41, 5.74) is -0.752. The summed E-state index contributed by atoms with van der Waals surface area (Å²) in [5.74, 6) is 0. The smallest absolute Gasteiger partial charge is 0.0720 e. The van der Waals surface area contributed by atoms with Crippen LogP contribution >= 0.6 is 0 Å². The molecule has 66 valence electrons. The van der Waals surface area contributed by atoms with Crippen molar-refractivity contribution in [3.05, 3.63) is 0 Å². The predicted molar refractivity (Wildman–Crippen MR) is 44.3 cm³/mol. The summed E-state index contributed by atoms with van der Waals surface area (Å²) in [5, 5.41) is 19.2. The summed E-state index contributed by atoms with van der Waals surface area (Å²) >= 11 is 0. The zero-order valence-corrected chi connectivity index (χ0v) is 7.43. The summed E-state index contributed by atoms with van der Waals surface area (Å²) in [4.78, 5) is 0. The molecule has 2 nitrogen and oxygen atoms in total. The van der Waals surface area contributed by atoms with E-state index in [4.69, 9.17) is 5.11 Å². The van der Waals surface area contributed by atoms with Crippen molar-refractivity contribution in [1.29, 1.82) is 0 Å². The molecule has 0 atom stereocenters. The minimum absolute atomic E-state index is 0.142. The Kier molecular flexibility index (Phi) is 2.26. The van der Waals surface area contributed by atoms with Crippen molar-refractivity contribution in [1.82, 2.24) is 0 Å². The third kappa shape index (κ3) is 1.18. The Morgan fingerprint density at radius 1 is 1.27 bits per heavy atom. The van der Waals surface area contributed by atoms with E-state index in [9.17, 15) is 5.11 Å². The lowest BCUT2D eigenvalue weighted by Gasteiger charge is -2.33. The van der Waals surface area contributed by atoms with Crippen molar-refractivity contribution in [3.8, 4) is 0 Å². The normalized spacial score (nSPS) is 21.8. The number of aliphatic hydroxyl groups excluding tert-OH is 1. The monoisotopic (exact) mass is 158 g/mol. The van der Waals surface area contributed by atoms with E-state index in [-0.39, 0.29) is 12.0 Å². The maximum atomic E-state index is 10.1. The molecule has 1 saturated carbocycles. The van der Waals surface area contributed by atoms with Crippen LogP contribution in [0.15, 0.2) is 0 Å². The molecule has 1 fully saturated rings. The van der Waals surface area contributed by atoms with Crippen LogP contribution < -0.4 is 0 Å². The van der Waals surface area contributed by atoms with Crippen LogP contribution in [0, 0.1) is 5.41 Å². The third-order valence-corrected chi connectivity index (χ3v) is 3.31. The second-order valence-electron chi connectivity index (χ2n) is 3.68. The molecular weight excluding hydrogens is 140 g/mol. The van der Waals surface area contributed by atoms with Crippen LogP contribution in [-0.2, 0) is 0 Å². The summed E-state index contributed by atoms with van der Waals surface area (Å²) < 4.78 is 0. The first-order chi connectivity index (χ1) is 5.14. The van der Waals surface area contributed by atoms with Gasteiger partial charge in [-0.1, -0.05) is 13.8 Å². The van der Waals surface area contributed by atoms with Gasteiger partial charge in [0, 0.05) is 5.41 Å². The van der Waals surface area contributed by atoms with Crippen LogP contribution in [-0.4, -0.2) is 22.4 Å². The van der Waals surface area contributed by atoms with E-state index in [0.29, 0.717) is 0 Å². The van der Waals surface area contributed by atoms with Crippen molar-refractivity contribution < 1.29 is 10.2 Å². The van der Waals surface area contributed by atoms with Gasteiger partial charge in [0.15, 0.2) is 0 Å². The molecule has 0 amide bonds. The minimum atomic E-state index is -0.609. The maximum Gasteiger partial charge on any atom is 0.0720 e. The van der Waals surface area contributed by atoms with Gasteiger partial charge >= 0.3 is 0 Å². The van der Waals surface area contributed by atoms with Crippen molar-refractivity contribution in [2.24, 2.45) is 5.41 Å². The minimum Gasteiger partial charge on any atom is -0.396 e. The van der Waals surface area contributed by atoms with Gasteiger partial charge in [0.1, 0.15) is 0 Å². The summed E-state index contributed by atoms with van der Waals surface area (Å²) in [6.07, 6.45) is 3.48. The lowest BCUT2D eigenvalue weighted by atomic mass is 9.80. The van der Waals surface area contributed by atoms with Crippen LogP contribution in [0.4, 0.5) is 0 Å². The number of hydrogen-bond donors (Lipinski definition) is 2. The zero-order valence-electron chi connectivity index (χ0n) is 7.43. The molecule has 2 N–H and O–H groups in total. The second-order valence-corrected chi connectivity index (χ2v) is 3.68. The van der Waals surface area contributed by atoms with Gasteiger partial charge in [0.25, 0.3) is 0 Å². The Labute approximate surface area is 68.2 Å². The van der Waals surface area contributed by atoms with Gasteiger partial charge in [-0.3, -0.25) is 0 Å². The number of aliphatic hydroxyl groups is 2. The van der Waals surface area contributed by atoms with Crippen molar-refractivity contribution >= 4 is 0 Å². The highest BCUT2D eigenvalue weighted by Gasteiger charge is 2.56. The molecule has 0 aliphatic heterocycles. The Bertz CT molecular complexity index is 134. The van der Waals surface area contributed by atoms with E-state index in [2.05, 4.69) is 0 Å². The Balaban J connectivity index is 2.68. The molecule has 0 aromatic carbocycles. The lowest BCUT2D eigenvalue weighted by Crippen LogP contribution is -2.40. The molecule has 1 aliphatic carbocycles. The van der Waals surface area contributed by atoms with E-state index in [1.54, 1.807) is 0 Å². The predicted octanol–water partition coefficient (Wildman–Crippen LogP) is 1.31. The molecule has 0 aromatic heterocycles. The average molecular weight is 158 g/mol. The first kappa shape index (κ1) is 9.01. The third-order valence-electron chi connectivity index (χ3n) is 3.31. The van der Waals surface area contributed by atoms with Crippen LogP contribution in [0.3, 0.4) is 0 Å². The van der Waals surface area contributed by atoms with E-state index < -0.39 is 5.60 Å². The van der Waals surface area contributed by atoms with Crippen molar-refractivity contribution in [2.45, 2.75) is 45.1 Å². The molecule has 0 unspecified atom stereocenters. The first-order valence-electron chi connectivity index (χ1n) is 4.47. The molecular formula is C9H18O2. The molecule has 11 heavy (non-hydrogen) atoms. The molecule has 1 aliphatic rings.